The molecule has 5 heteroatoms. The smallest absolute Gasteiger partial charge is 0.342 e. The standard InChI is InChI=1S/C17H20O5/c1-4-21-16(19)14(11-13-9-7-6-8-10-13)15(12(3)18)17(20)22-5-2/h6-11,18H,4-5H2,1-3H3/b14-11+,15-12?. The van der Waals surface area contributed by atoms with Crippen molar-refractivity contribution in [1.82, 2.24) is 0 Å². The highest BCUT2D eigenvalue weighted by molar-refractivity contribution is 6.10. The molecule has 0 spiro atoms. The molecule has 0 bridgehead atoms. The van der Waals surface area contributed by atoms with Crippen LogP contribution in [0.3, 0.4) is 0 Å². The van der Waals surface area contributed by atoms with Crippen molar-refractivity contribution in [2.75, 3.05) is 13.2 Å². The summed E-state index contributed by atoms with van der Waals surface area (Å²) >= 11 is 0. The third-order valence-corrected chi connectivity index (χ3v) is 2.72. The van der Waals surface area contributed by atoms with E-state index in [9.17, 15) is 14.7 Å². The van der Waals surface area contributed by atoms with Gasteiger partial charge in [-0.3, -0.25) is 0 Å². The summed E-state index contributed by atoms with van der Waals surface area (Å²) in [6.07, 6.45) is 1.49. The van der Waals surface area contributed by atoms with Gasteiger partial charge in [-0.05, 0) is 32.4 Å². The Hall–Kier alpha value is -2.56. The van der Waals surface area contributed by atoms with E-state index in [-0.39, 0.29) is 30.1 Å². The number of hydrogen-bond donors (Lipinski definition) is 1. The molecule has 1 N–H and O–H groups in total. The Morgan fingerprint density at radius 2 is 1.59 bits per heavy atom. The summed E-state index contributed by atoms with van der Waals surface area (Å²) in [6, 6.07) is 8.98. The zero-order chi connectivity index (χ0) is 16.5. The summed E-state index contributed by atoms with van der Waals surface area (Å²) in [6.45, 7) is 4.93. The lowest BCUT2D eigenvalue weighted by molar-refractivity contribution is -0.142. The fourth-order valence-corrected chi connectivity index (χ4v) is 1.81. The van der Waals surface area contributed by atoms with Crippen LogP contribution in [-0.4, -0.2) is 30.3 Å². The van der Waals surface area contributed by atoms with Crippen molar-refractivity contribution in [1.29, 1.82) is 0 Å². The van der Waals surface area contributed by atoms with Crippen molar-refractivity contribution in [3.05, 3.63) is 52.8 Å². The van der Waals surface area contributed by atoms with Crippen LogP contribution < -0.4 is 0 Å². The minimum atomic E-state index is -0.766. The largest absolute Gasteiger partial charge is 0.512 e. The number of allylic oxidation sites excluding steroid dienone is 1. The number of carbonyl (C=O) groups is 2. The molecule has 0 radical (unpaired) electrons. The van der Waals surface area contributed by atoms with E-state index >= 15 is 0 Å². The topological polar surface area (TPSA) is 72.8 Å². The first-order valence-corrected chi connectivity index (χ1v) is 7.02. The second-order valence-electron chi connectivity index (χ2n) is 4.37. The highest BCUT2D eigenvalue weighted by Crippen LogP contribution is 2.21. The maximum absolute atomic E-state index is 12.2. The number of ether oxygens (including phenoxy) is 2. The van der Waals surface area contributed by atoms with Crippen LogP contribution in [0.4, 0.5) is 0 Å². The number of aliphatic hydroxyl groups excluding tert-OH is 1. The predicted octanol–water partition coefficient (Wildman–Crippen LogP) is 3.03. The lowest BCUT2D eigenvalue weighted by atomic mass is 10.0. The van der Waals surface area contributed by atoms with Crippen LogP contribution in [0.15, 0.2) is 47.2 Å². The second kappa shape index (κ2) is 8.67. The van der Waals surface area contributed by atoms with Gasteiger partial charge in [-0.1, -0.05) is 30.3 Å². The van der Waals surface area contributed by atoms with Crippen LogP contribution in [-0.2, 0) is 19.1 Å². The van der Waals surface area contributed by atoms with E-state index in [1.165, 1.54) is 13.0 Å². The first-order valence-electron chi connectivity index (χ1n) is 7.02. The average molecular weight is 304 g/mol. The SMILES string of the molecule is CCOC(=O)C(=C(C)O)/C(=C\c1ccccc1)C(=O)OCC. The monoisotopic (exact) mass is 304 g/mol. The third kappa shape index (κ3) is 4.77. The molecule has 118 valence electrons. The van der Waals surface area contributed by atoms with Gasteiger partial charge in [-0.15, -0.1) is 0 Å². The molecule has 1 aromatic carbocycles. The van der Waals surface area contributed by atoms with E-state index in [1.807, 2.05) is 6.07 Å². The van der Waals surface area contributed by atoms with E-state index in [0.29, 0.717) is 5.56 Å². The first-order chi connectivity index (χ1) is 10.5. The van der Waals surface area contributed by atoms with E-state index in [2.05, 4.69) is 0 Å². The van der Waals surface area contributed by atoms with Crippen molar-refractivity contribution in [3.8, 4) is 0 Å². The summed E-state index contributed by atoms with van der Waals surface area (Å²) in [5.74, 6) is -1.76. The molecule has 0 atom stereocenters. The van der Waals surface area contributed by atoms with Crippen molar-refractivity contribution in [2.24, 2.45) is 0 Å². The van der Waals surface area contributed by atoms with Crippen molar-refractivity contribution >= 4 is 18.0 Å². The predicted molar refractivity (Wildman–Crippen MR) is 83.0 cm³/mol. The molecule has 0 heterocycles. The minimum Gasteiger partial charge on any atom is -0.512 e. The summed E-state index contributed by atoms with van der Waals surface area (Å²) in [5, 5.41) is 9.80. The van der Waals surface area contributed by atoms with Gasteiger partial charge in [0, 0.05) is 0 Å². The van der Waals surface area contributed by atoms with Gasteiger partial charge in [0.15, 0.2) is 0 Å². The highest BCUT2D eigenvalue weighted by atomic mass is 16.5. The zero-order valence-corrected chi connectivity index (χ0v) is 13.0. The van der Waals surface area contributed by atoms with E-state index < -0.39 is 11.9 Å². The number of aliphatic hydroxyl groups is 1. The molecule has 0 fully saturated rings. The third-order valence-electron chi connectivity index (χ3n) is 2.72. The van der Waals surface area contributed by atoms with E-state index in [1.54, 1.807) is 38.1 Å². The number of benzene rings is 1. The average Bonchev–Trinajstić information content (AvgIpc) is 2.47. The Labute approximate surface area is 129 Å². The molecule has 0 aromatic heterocycles. The van der Waals surface area contributed by atoms with Gasteiger partial charge in [0.25, 0.3) is 0 Å². The summed E-state index contributed by atoms with van der Waals surface area (Å²) < 4.78 is 9.88. The summed E-state index contributed by atoms with van der Waals surface area (Å²) in [5.41, 5.74) is 0.476. The molecule has 0 amide bonds. The molecule has 0 aliphatic carbocycles. The van der Waals surface area contributed by atoms with Crippen LogP contribution in [0, 0.1) is 0 Å². The van der Waals surface area contributed by atoms with Crippen molar-refractivity contribution in [2.45, 2.75) is 20.8 Å². The maximum Gasteiger partial charge on any atom is 0.342 e. The van der Waals surface area contributed by atoms with Gasteiger partial charge in [0.05, 0.1) is 18.8 Å². The molecular weight excluding hydrogens is 284 g/mol. The van der Waals surface area contributed by atoms with Gasteiger partial charge in [-0.2, -0.15) is 0 Å². The number of rotatable bonds is 6. The van der Waals surface area contributed by atoms with Gasteiger partial charge in [0.1, 0.15) is 11.3 Å². The fraction of sp³-hybridized carbons (Fsp3) is 0.294. The lowest BCUT2D eigenvalue weighted by Crippen LogP contribution is -2.18. The molecule has 1 aromatic rings. The molecule has 22 heavy (non-hydrogen) atoms. The Bertz CT molecular complexity index is 580. The van der Waals surface area contributed by atoms with Crippen molar-refractivity contribution in [3.63, 3.8) is 0 Å². The van der Waals surface area contributed by atoms with E-state index in [0.717, 1.165) is 0 Å². The molecule has 0 saturated carbocycles. The normalized spacial score (nSPS) is 12.4. The second-order valence-corrected chi connectivity index (χ2v) is 4.37. The highest BCUT2D eigenvalue weighted by Gasteiger charge is 2.25. The van der Waals surface area contributed by atoms with Crippen LogP contribution in [0.1, 0.15) is 26.3 Å². The summed E-state index contributed by atoms with van der Waals surface area (Å²) in [4.78, 5) is 24.2. The molecule has 0 aliphatic rings. The van der Waals surface area contributed by atoms with Gasteiger partial charge in [0.2, 0.25) is 0 Å². The molecule has 0 saturated heterocycles. The lowest BCUT2D eigenvalue weighted by Gasteiger charge is -2.12. The maximum atomic E-state index is 12.2. The molecule has 5 nitrogen and oxygen atoms in total. The van der Waals surface area contributed by atoms with Crippen molar-refractivity contribution < 1.29 is 24.2 Å². The van der Waals surface area contributed by atoms with Gasteiger partial charge < -0.3 is 14.6 Å². The fourth-order valence-electron chi connectivity index (χ4n) is 1.81. The number of esters is 2. The Balaban J connectivity index is 3.36. The van der Waals surface area contributed by atoms with Crippen LogP contribution in [0.2, 0.25) is 0 Å². The van der Waals surface area contributed by atoms with Crippen LogP contribution >= 0.6 is 0 Å². The van der Waals surface area contributed by atoms with E-state index in [4.69, 9.17) is 9.47 Å². The zero-order valence-electron chi connectivity index (χ0n) is 13.0. The minimum absolute atomic E-state index is 0.0356. The number of hydrogen-bond acceptors (Lipinski definition) is 5. The molecule has 0 aliphatic heterocycles. The Kier molecular flexibility index (Phi) is 6.89. The van der Waals surface area contributed by atoms with Gasteiger partial charge >= 0.3 is 11.9 Å². The van der Waals surface area contributed by atoms with Crippen LogP contribution in [0.5, 0.6) is 0 Å². The van der Waals surface area contributed by atoms with Crippen LogP contribution in [0.25, 0.3) is 6.08 Å². The Morgan fingerprint density at radius 1 is 1.05 bits per heavy atom. The summed E-state index contributed by atoms with van der Waals surface area (Å²) in [7, 11) is 0. The molecular formula is C17H20O5. The Morgan fingerprint density at radius 3 is 2.09 bits per heavy atom. The molecule has 0 unspecified atom stereocenters. The quantitative estimate of drug-likeness (QED) is 0.378. The number of carbonyl (C=O) groups excluding carboxylic acids is 2. The van der Waals surface area contributed by atoms with Gasteiger partial charge in [-0.25, -0.2) is 9.59 Å². The first kappa shape index (κ1) is 17.5. The molecule has 1 rings (SSSR count).